The van der Waals surface area contributed by atoms with E-state index in [0.29, 0.717) is 0 Å². The second-order valence-electron chi connectivity index (χ2n) is 4.50. The Morgan fingerprint density at radius 2 is 2.19 bits per heavy atom. The number of carbonyl (C=O) groups is 1. The van der Waals surface area contributed by atoms with Gasteiger partial charge in [0.05, 0.1) is 0 Å². The summed E-state index contributed by atoms with van der Waals surface area (Å²) >= 11 is 0. The number of halogens is 2. The van der Waals surface area contributed by atoms with Crippen LogP contribution >= 0.6 is 0 Å². The molecule has 94 valence electrons. The van der Waals surface area contributed by atoms with Gasteiger partial charge in [0.2, 0.25) is 5.92 Å². The van der Waals surface area contributed by atoms with E-state index in [4.69, 9.17) is 5.73 Å². The molecule has 0 heterocycles. The lowest BCUT2D eigenvalue weighted by Gasteiger charge is -2.19. The van der Waals surface area contributed by atoms with E-state index in [9.17, 15) is 18.7 Å². The number of aliphatic hydroxyl groups is 1. The highest BCUT2D eigenvalue weighted by Crippen LogP contribution is 2.21. The highest BCUT2D eigenvalue weighted by molar-refractivity contribution is 5.81. The zero-order chi connectivity index (χ0) is 12.3. The first-order chi connectivity index (χ1) is 7.29. The van der Waals surface area contributed by atoms with Gasteiger partial charge < -0.3 is 16.2 Å². The molecule has 6 heteroatoms. The molecule has 1 amide bonds. The Labute approximate surface area is 93.2 Å². The fourth-order valence-corrected chi connectivity index (χ4v) is 1.29. The maximum absolute atomic E-state index is 12.5. The summed E-state index contributed by atoms with van der Waals surface area (Å²) in [6, 6.07) is -0.813. The number of hydrogen-bond acceptors (Lipinski definition) is 3. The molecule has 0 aromatic heterocycles. The molecule has 0 aliphatic heterocycles. The van der Waals surface area contributed by atoms with Crippen molar-refractivity contribution in [3.05, 3.63) is 0 Å². The molecule has 2 atom stereocenters. The number of amides is 1. The van der Waals surface area contributed by atoms with Gasteiger partial charge in [-0.05, 0) is 26.2 Å². The summed E-state index contributed by atoms with van der Waals surface area (Å²) < 4.78 is 25.1. The van der Waals surface area contributed by atoms with Crippen LogP contribution in [0, 0.1) is 0 Å². The van der Waals surface area contributed by atoms with Gasteiger partial charge in [-0.25, -0.2) is 8.78 Å². The third-order valence-corrected chi connectivity index (χ3v) is 2.51. The lowest BCUT2D eigenvalue weighted by Crippen LogP contribution is -2.47. The van der Waals surface area contributed by atoms with Crippen LogP contribution in [0.4, 0.5) is 8.78 Å². The minimum absolute atomic E-state index is 0.0806. The molecule has 0 aromatic carbocycles. The SMILES string of the molecule is CC(F)(F)CC[C@H](N)[C@H](O)C(=O)NC1CC1. The Kier molecular flexibility index (Phi) is 4.21. The maximum Gasteiger partial charge on any atom is 0.250 e. The molecule has 1 fully saturated rings. The molecule has 1 aliphatic carbocycles. The van der Waals surface area contributed by atoms with Crippen molar-refractivity contribution < 1.29 is 18.7 Å². The lowest BCUT2D eigenvalue weighted by atomic mass is 10.0. The quantitative estimate of drug-likeness (QED) is 0.624. The van der Waals surface area contributed by atoms with Crippen LogP contribution in [0.1, 0.15) is 32.6 Å². The summed E-state index contributed by atoms with van der Waals surface area (Å²) in [6.45, 7) is 0.788. The molecule has 0 radical (unpaired) electrons. The van der Waals surface area contributed by atoms with Crippen LogP contribution < -0.4 is 11.1 Å². The van der Waals surface area contributed by atoms with Gasteiger partial charge in [-0.1, -0.05) is 0 Å². The number of nitrogens with two attached hydrogens (primary N) is 1. The Morgan fingerprint density at radius 1 is 1.62 bits per heavy atom. The second kappa shape index (κ2) is 5.05. The number of hydrogen-bond donors (Lipinski definition) is 3. The minimum Gasteiger partial charge on any atom is -0.382 e. The molecule has 1 rings (SSSR count). The zero-order valence-electron chi connectivity index (χ0n) is 9.25. The van der Waals surface area contributed by atoms with Gasteiger partial charge in [0, 0.05) is 18.5 Å². The van der Waals surface area contributed by atoms with Crippen molar-refractivity contribution >= 4 is 5.91 Å². The molecule has 4 nitrogen and oxygen atoms in total. The topological polar surface area (TPSA) is 75.3 Å². The van der Waals surface area contributed by atoms with Crippen molar-refractivity contribution in [2.75, 3.05) is 0 Å². The fourth-order valence-electron chi connectivity index (χ4n) is 1.29. The van der Waals surface area contributed by atoms with E-state index in [1.165, 1.54) is 0 Å². The van der Waals surface area contributed by atoms with E-state index in [2.05, 4.69) is 5.32 Å². The Balaban J connectivity index is 2.28. The fraction of sp³-hybridized carbons (Fsp3) is 0.900. The molecule has 4 N–H and O–H groups in total. The van der Waals surface area contributed by atoms with E-state index in [1.807, 2.05) is 0 Å². The Bertz CT molecular complexity index is 252. The lowest BCUT2D eigenvalue weighted by molar-refractivity contribution is -0.130. The van der Waals surface area contributed by atoms with Crippen LogP contribution in [0.3, 0.4) is 0 Å². The number of alkyl halides is 2. The van der Waals surface area contributed by atoms with E-state index in [0.717, 1.165) is 19.8 Å². The van der Waals surface area contributed by atoms with E-state index in [-0.39, 0.29) is 12.5 Å². The van der Waals surface area contributed by atoms with Crippen molar-refractivity contribution in [1.82, 2.24) is 5.32 Å². The minimum atomic E-state index is -2.82. The molecule has 0 bridgehead atoms. The first kappa shape index (κ1) is 13.3. The molecule has 16 heavy (non-hydrogen) atoms. The molecule has 0 unspecified atom stereocenters. The molecule has 1 aliphatic rings. The predicted molar refractivity (Wildman–Crippen MR) is 55.0 cm³/mol. The van der Waals surface area contributed by atoms with Gasteiger partial charge in [-0.15, -0.1) is 0 Å². The van der Waals surface area contributed by atoms with Crippen LogP contribution in [0.15, 0.2) is 0 Å². The summed E-state index contributed by atoms with van der Waals surface area (Å²) in [5.41, 5.74) is 5.48. The van der Waals surface area contributed by atoms with E-state index in [1.54, 1.807) is 0 Å². The summed E-state index contributed by atoms with van der Waals surface area (Å²) in [7, 11) is 0. The molecule has 0 spiro atoms. The van der Waals surface area contributed by atoms with Crippen molar-refractivity contribution in [2.45, 2.75) is 56.7 Å². The third kappa shape index (κ3) is 4.85. The normalized spacial score (nSPS) is 20.3. The number of rotatable bonds is 6. The van der Waals surface area contributed by atoms with Gasteiger partial charge >= 0.3 is 0 Å². The maximum atomic E-state index is 12.5. The molecule has 1 saturated carbocycles. The molecular formula is C10H18F2N2O2. The van der Waals surface area contributed by atoms with Crippen molar-refractivity contribution in [1.29, 1.82) is 0 Å². The van der Waals surface area contributed by atoms with Crippen LogP contribution in [0.2, 0.25) is 0 Å². The smallest absolute Gasteiger partial charge is 0.250 e. The summed E-state index contributed by atoms with van der Waals surface area (Å²) in [5, 5.41) is 12.1. The monoisotopic (exact) mass is 236 g/mol. The van der Waals surface area contributed by atoms with Crippen LogP contribution in [0.5, 0.6) is 0 Å². The number of carbonyl (C=O) groups excluding carboxylic acids is 1. The Hall–Kier alpha value is -0.750. The summed E-state index contributed by atoms with van der Waals surface area (Å²) in [4.78, 5) is 11.3. The molecule has 0 aromatic rings. The molecule has 0 saturated heterocycles. The number of aliphatic hydroxyl groups excluding tert-OH is 1. The predicted octanol–water partition coefficient (Wildman–Crippen LogP) is 0.389. The van der Waals surface area contributed by atoms with Crippen molar-refractivity contribution in [3.8, 4) is 0 Å². The van der Waals surface area contributed by atoms with Gasteiger partial charge in [0.1, 0.15) is 6.10 Å². The first-order valence-electron chi connectivity index (χ1n) is 5.41. The van der Waals surface area contributed by atoms with Crippen LogP contribution in [-0.4, -0.2) is 35.1 Å². The van der Waals surface area contributed by atoms with Gasteiger partial charge in [-0.2, -0.15) is 0 Å². The van der Waals surface area contributed by atoms with Gasteiger partial charge in [-0.3, -0.25) is 4.79 Å². The van der Waals surface area contributed by atoms with Gasteiger partial charge in [0.15, 0.2) is 0 Å². The second-order valence-corrected chi connectivity index (χ2v) is 4.50. The van der Waals surface area contributed by atoms with E-state index < -0.39 is 30.4 Å². The largest absolute Gasteiger partial charge is 0.382 e. The third-order valence-electron chi connectivity index (χ3n) is 2.51. The zero-order valence-corrected chi connectivity index (χ0v) is 9.25. The van der Waals surface area contributed by atoms with Crippen LogP contribution in [-0.2, 0) is 4.79 Å². The van der Waals surface area contributed by atoms with Crippen molar-refractivity contribution in [3.63, 3.8) is 0 Å². The highest BCUT2D eigenvalue weighted by atomic mass is 19.3. The average Bonchev–Trinajstić information content (AvgIpc) is 2.95. The average molecular weight is 236 g/mol. The summed E-state index contributed by atoms with van der Waals surface area (Å²) in [6.07, 6.45) is -0.102. The standard InChI is InChI=1S/C10H18F2N2O2/c1-10(11,12)5-4-7(13)8(15)9(16)14-6-2-3-6/h6-8,15H,2-5,13H2,1H3,(H,14,16)/t7-,8-/m0/s1. The number of nitrogens with one attached hydrogen (secondary N) is 1. The van der Waals surface area contributed by atoms with Crippen LogP contribution in [0.25, 0.3) is 0 Å². The van der Waals surface area contributed by atoms with Gasteiger partial charge in [0.25, 0.3) is 5.91 Å². The molecular weight excluding hydrogens is 218 g/mol. The Morgan fingerprint density at radius 3 is 2.62 bits per heavy atom. The highest BCUT2D eigenvalue weighted by Gasteiger charge is 2.31. The van der Waals surface area contributed by atoms with Crippen molar-refractivity contribution in [2.24, 2.45) is 5.73 Å². The van der Waals surface area contributed by atoms with E-state index >= 15 is 0 Å². The first-order valence-corrected chi connectivity index (χ1v) is 5.41. The summed E-state index contributed by atoms with van der Waals surface area (Å²) in [5.74, 6) is -3.38.